The molecule has 0 atom stereocenters. The second kappa shape index (κ2) is 3.35. The van der Waals surface area contributed by atoms with Gasteiger partial charge < -0.3 is 9.88 Å². The molecular weight excluding hydrogens is 224 g/mol. The fourth-order valence-corrected chi connectivity index (χ4v) is 2.81. The average Bonchev–Trinajstić information content (AvgIpc) is 2.76. The third-order valence-electron chi connectivity index (χ3n) is 3.69. The van der Waals surface area contributed by atoms with Crippen LogP contribution in [0, 0.1) is 0 Å². The molecule has 0 unspecified atom stereocenters. The van der Waals surface area contributed by atoms with Gasteiger partial charge in [-0.1, -0.05) is 24.3 Å². The number of nitrogens with one attached hydrogen (secondary N) is 1. The SMILES string of the molecule is O=c1cccc2n1CC1=C2Nc2ccccc2C1. The van der Waals surface area contributed by atoms with Crippen LogP contribution in [0.3, 0.4) is 0 Å². The van der Waals surface area contributed by atoms with Gasteiger partial charge in [0.15, 0.2) is 0 Å². The maximum absolute atomic E-state index is 11.8. The highest BCUT2D eigenvalue weighted by atomic mass is 16.1. The molecule has 2 aliphatic heterocycles. The lowest BCUT2D eigenvalue weighted by Gasteiger charge is -2.19. The first-order chi connectivity index (χ1) is 8.83. The summed E-state index contributed by atoms with van der Waals surface area (Å²) in [5.74, 6) is 0. The van der Waals surface area contributed by atoms with Crippen molar-refractivity contribution in [3.05, 3.63) is 69.6 Å². The number of benzene rings is 1. The van der Waals surface area contributed by atoms with E-state index in [9.17, 15) is 4.79 Å². The Hall–Kier alpha value is -2.29. The Bertz CT molecular complexity index is 740. The molecule has 0 aliphatic carbocycles. The van der Waals surface area contributed by atoms with Gasteiger partial charge in [-0.2, -0.15) is 0 Å². The summed E-state index contributed by atoms with van der Waals surface area (Å²) in [5.41, 5.74) is 5.96. The van der Waals surface area contributed by atoms with Crippen molar-refractivity contribution in [1.29, 1.82) is 0 Å². The van der Waals surface area contributed by atoms with E-state index in [-0.39, 0.29) is 5.56 Å². The fraction of sp³-hybridized carbons (Fsp3) is 0.133. The summed E-state index contributed by atoms with van der Waals surface area (Å²) in [5, 5.41) is 3.46. The van der Waals surface area contributed by atoms with Crippen molar-refractivity contribution in [2.45, 2.75) is 13.0 Å². The first kappa shape index (κ1) is 9.71. The van der Waals surface area contributed by atoms with E-state index in [1.807, 2.05) is 22.8 Å². The number of aromatic nitrogens is 1. The summed E-state index contributed by atoms with van der Waals surface area (Å²) >= 11 is 0. The van der Waals surface area contributed by atoms with Gasteiger partial charge in [0, 0.05) is 18.3 Å². The van der Waals surface area contributed by atoms with E-state index < -0.39 is 0 Å². The molecule has 4 rings (SSSR count). The van der Waals surface area contributed by atoms with Gasteiger partial charge in [0.1, 0.15) is 0 Å². The molecule has 88 valence electrons. The summed E-state index contributed by atoms with van der Waals surface area (Å²) in [6.45, 7) is 0.714. The van der Waals surface area contributed by atoms with E-state index in [1.165, 1.54) is 11.1 Å². The van der Waals surface area contributed by atoms with Gasteiger partial charge in [0.05, 0.1) is 11.4 Å². The summed E-state index contributed by atoms with van der Waals surface area (Å²) in [6.07, 6.45) is 0.930. The zero-order valence-corrected chi connectivity index (χ0v) is 9.81. The van der Waals surface area contributed by atoms with Crippen LogP contribution in [0.1, 0.15) is 11.3 Å². The van der Waals surface area contributed by atoms with Crippen molar-refractivity contribution < 1.29 is 0 Å². The van der Waals surface area contributed by atoms with Crippen molar-refractivity contribution in [1.82, 2.24) is 4.57 Å². The molecule has 0 saturated heterocycles. The molecule has 0 fully saturated rings. The summed E-state index contributed by atoms with van der Waals surface area (Å²) < 4.78 is 1.84. The Kier molecular flexibility index (Phi) is 1.81. The van der Waals surface area contributed by atoms with Crippen LogP contribution >= 0.6 is 0 Å². The number of allylic oxidation sites excluding steroid dienone is 1. The van der Waals surface area contributed by atoms with Crippen molar-refractivity contribution in [3.63, 3.8) is 0 Å². The number of fused-ring (bicyclic) bond motifs is 3. The van der Waals surface area contributed by atoms with Crippen molar-refractivity contribution in [2.75, 3.05) is 5.32 Å². The second-order valence-corrected chi connectivity index (χ2v) is 4.77. The van der Waals surface area contributed by atoms with Crippen LogP contribution < -0.4 is 10.9 Å². The van der Waals surface area contributed by atoms with Gasteiger partial charge in [0.2, 0.25) is 0 Å². The van der Waals surface area contributed by atoms with Gasteiger partial charge in [-0.25, -0.2) is 0 Å². The molecule has 0 saturated carbocycles. The highest BCUT2D eigenvalue weighted by Crippen LogP contribution is 2.35. The fourth-order valence-electron chi connectivity index (χ4n) is 2.81. The standard InChI is InChI=1S/C15H12N2O/c18-14-7-3-6-13-15-11(9-17(13)14)8-10-4-1-2-5-12(10)16-15/h1-7,16H,8-9H2. The minimum absolute atomic E-state index is 0.0766. The largest absolute Gasteiger partial charge is 0.354 e. The highest BCUT2D eigenvalue weighted by molar-refractivity contribution is 5.83. The first-order valence-corrected chi connectivity index (χ1v) is 6.10. The second-order valence-electron chi connectivity index (χ2n) is 4.77. The zero-order valence-electron chi connectivity index (χ0n) is 9.81. The Morgan fingerprint density at radius 3 is 2.89 bits per heavy atom. The first-order valence-electron chi connectivity index (χ1n) is 6.10. The zero-order chi connectivity index (χ0) is 12.1. The lowest BCUT2D eigenvalue weighted by Crippen LogP contribution is -2.18. The van der Waals surface area contributed by atoms with Crippen LogP contribution in [-0.2, 0) is 13.0 Å². The summed E-state index contributed by atoms with van der Waals surface area (Å²) in [7, 11) is 0. The quantitative estimate of drug-likeness (QED) is 0.761. The molecule has 1 aromatic carbocycles. The molecule has 2 aliphatic rings. The van der Waals surface area contributed by atoms with Crippen LogP contribution in [0.15, 0.2) is 52.8 Å². The summed E-state index contributed by atoms with van der Waals surface area (Å²) in [6, 6.07) is 13.8. The van der Waals surface area contributed by atoms with Crippen LogP contribution in [0.4, 0.5) is 5.69 Å². The van der Waals surface area contributed by atoms with Crippen molar-refractivity contribution in [3.8, 4) is 0 Å². The third-order valence-corrected chi connectivity index (χ3v) is 3.69. The van der Waals surface area contributed by atoms with Crippen molar-refractivity contribution in [2.24, 2.45) is 0 Å². The van der Waals surface area contributed by atoms with Crippen molar-refractivity contribution >= 4 is 11.4 Å². The summed E-state index contributed by atoms with van der Waals surface area (Å²) in [4.78, 5) is 11.8. The molecular formula is C15H12N2O. The Morgan fingerprint density at radius 1 is 1.06 bits per heavy atom. The molecule has 1 N–H and O–H groups in total. The van der Waals surface area contributed by atoms with E-state index in [1.54, 1.807) is 6.07 Å². The molecule has 3 nitrogen and oxygen atoms in total. The molecule has 2 aromatic rings. The van der Waals surface area contributed by atoms with E-state index in [2.05, 4.69) is 23.5 Å². The number of hydrogen-bond acceptors (Lipinski definition) is 2. The van der Waals surface area contributed by atoms with E-state index >= 15 is 0 Å². The molecule has 0 bridgehead atoms. The van der Waals surface area contributed by atoms with Crippen LogP contribution in [0.5, 0.6) is 0 Å². The van der Waals surface area contributed by atoms with Gasteiger partial charge in [-0.3, -0.25) is 4.79 Å². The number of hydrogen-bond donors (Lipinski definition) is 1. The molecule has 0 spiro atoms. The molecule has 3 heteroatoms. The predicted molar refractivity (Wildman–Crippen MR) is 71.4 cm³/mol. The van der Waals surface area contributed by atoms with E-state index in [0.29, 0.717) is 6.54 Å². The number of rotatable bonds is 0. The monoisotopic (exact) mass is 236 g/mol. The van der Waals surface area contributed by atoms with E-state index in [0.717, 1.165) is 23.5 Å². The Labute approximate surface area is 104 Å². The van der Waals surface area contributed by atoms with Gasteiger partial charge in [-0.15, -0.1) is 0 Å². The molecule has 3 heterocycles. The minimum Gasteiger partial charge on any atom is -0.354 e. The maximum Gasteiger partial charge on any atom is 0.251 e. The molecule has 1 aromatic heterocycles. The van der Waals surface area contributed by atoms with Crippen LogP contribution in [-0.4, -0.2) is 4.57 Å². The van der Waals surface area contributed by atoms with Gasteiger partial charge >= 0.3 is 0 Å². The van der Waals surface area contributed by atoms with Gasteiger partial charge in [0.25, 0.3) is 5.56 Å². The Morgan fingerprint density at radius 2 is 1.94 bits per heavy atom. The molecule has 0 amide bonds. The molecule has 0 radical (unpaired) electrons. The van der Waals surface area contributed by atoms with Crippen LogP contribution in [0.2, 0.25) is 0 Å². The number of pyridine rings is 1. The predicted octanol–water partition coefficient (Wildman–Crippen LogP) is 2.24. The number of anilines is 1. The topological polar surface area (TPSA) is 34.0 Å². The van der Waals surface area contributed by atoms with Gasteiger partial charge in [-0.05, 0) is 29.7 Å². The van der Waals surface area contributed by atoms with E-state index in [4.69, 9.17) is 0 Å². The maximum atomic E-state index is 11.8. The Balaban J connectivity index is 1.87. The third kappa shape index (κ3) is 1.21. The number of para-hydroxylation sites is 1. The minimum atomic E-state index is 0.0766. The number of nitrogens with zero attached hydrogens (tertiary/aromatic N) is 1. The molecule has 18 heavy (non-hydrogen) atoms. The van der Waals surface area contributed by atoms with Crippen LogP contribution in [0.25, 0.3) is 5.70 Å². The highest BCUT2D eigenvalue weighted by Gasteiger charge is 2.26. The lowest BCUT2D eigenvalue weighted by molar-refractivity contribution is 0.755. The lowest BCUT2D eigenvalue weighted by atomic mass is 9.98. The average molecular weight is 236 g/mol. The smallest absolute Gasteiger partial charge is 0.251 e. The normalized spacial score (nSPS) is 15.8.